The van der Waals surface area contributed by atoms with Gasteiger partial charge in [-0.05, 0) is 35.4 Å². The van der Waals surface area contributed by atoms with Gasteiger partial charge in [0.05, 0.1) is 0 Å². The van der Waals surface area contributed by atoms with E-state index in [9.17, 15) is 18.0 Å². The first-order chi connectivity index (χ1) is 8.52. The molecule has 18 heavy (non-hydrogen) atoms. The molecule has 0 saturated heterocycles. The summed E-state index contributed by atoms with van der Waals surface area (Å²) in [5.41, 5.74) is -0.0588. The van der Waals surface area contributed by atoms with E-state index in [4.69, 9.17) is 11.6 Å². The fourth-order valence-corrected chi connectivity index (χ4v) is 1.79. The summed E-state index contributed by atoms with van der Waals surface area (Å²) in [5.74, 6) is -4.21. The normalized spacial score (nSPS) is 10.4. The molecule has 0 bridgehead atoms. The summed E-state index contributed by atoms with van der Waals surface area (Å²) in [5, 5.41) is -0.797. The van der Waals surface area contributed by atoms with Gasteiger partial charge in [0.15, 0.2) is 17.5 Å². The van der Waals surface area contributed by atoms with Crippen LogP contribution in [0.4, 0.5) is 13.2 Å². The van der Waals surface area contributed by atoms with Gasteiger partial charge in [-0.25, -0.2) is 13.2 Å². The molecule has 0 saturated carbocycles. The summed E-state index contributed by atoms with van der Waals surface area (Å²) < 4.78 is 39.6. The third-order valence-corrected chi connectivity index (χ3v) is 2.67. The van der Waals surface area contributed by atoms with Crippen molar-refractivity contribution in [2.45, 2.75) is 0 Å². The van der Waals surface area contributed by atoms with Crippen LogP contribution in [0.15, 0.2) is 36.4 Å². The highest BCUT2D eigenvalue weighted by atomic mass is 35.5. The van der Waals surface area contributed by atoms with Gasteiger partial charge in [0.25, 0.3) is 5.24 Å². The zero-order valence-electron chi connectivity index (χ0n) is 8.88. The van der Waals surface area contributed by atoms with Crippen LogP contribution in [-0.2, 0) is 0 Å². The van der Waals surface area contributed by atoms with Gasteiger partial charge in [-0.3, -0.25) is 4.79 Å². The van der Waals surface area contributed by atoms with Crippen LogP contribution in [0.3, 0.4) is 0 Å². The molecule has 0 aliphatic carbocycles. The number of halogens is 4. The third kappa shape index (κ3) is 2.11. The molecule has 2 rings (SSSR count). The summed E-state index contributed by atoms with van der Waals surface area (Å²) in [6.45, 7) is 0. The number of benzene rings is 2. The van der Waals surface area contributed by atoms with E-state index in [1.165, 1.54) is 18.2 Å². The second-order valence-corrected chi connectivity index (χ2v) is 3.89. The molecule has 2 aromatic rings. The average Bonchev–Trinajstić information content (AvgIpc) is 2.36. The molecule has 2 aromatic carbocycles. The van der Waals surface area contributed by atoms with E-state index in [0.717, 1.165) is 12.1 Å². The van der Waals surface area contributed by atoms with Gasteiger partial charge < -0.3 is 0 Å². The molecular formula is C13H6ClF3O. The van der Waals surface area contributed by atoms with Gasteiger partial charge >= 0.3 is 0 Å². The van der Waals surface area contributed by atoms with Gasteiger partial charge in [0, 0.05) is 11.1 Å². The van der Waals surface area contributed by atoms with Crippen molar-refractivity contribution in [2.75, 3.05) is 0 Å². The molecule has 1 nitrogen and oxygen atoms in total. The molecule has 92 valence electrons. The van der Waals surface area contributed by atoms with Gasteiger partial charge in [-0.15, -0.1) is 0 Å². The maximum Gasteiger partial charge on any atom is 0.253 e. The standard InChI is InChI=1S/C13H6ClF3O/c14-13(18)9-4-2-1-3-7(9)8-5-6-10(15)12(17)11(8)16/h1-6H. The minimum atomic E-state index is -1.58. The predicted octanol–water partition coefficient (Wildman–Crippen LogP) is 4.15. The van der Waals surface area contributed by atoms with Crippen molar-refractivity contribution >= 4 is 16.8 Å². The van der Waals surface area contributed by atoms with E-state index in [2.05, 4.69) is 0 Å². The monoisotopic (exact) mass is 270 g/mol. The second kappa shape index (κ2) is 4.82. The van der Waals surface area contributed by atoms with Crippen LogP contribution in [-0.4, -0.2) is 5.24 Å². The lowest BCUT2D eigenvalue weighted by atomic mass is 9.99. The van der Waals surface area contributed by atoms with Crippen LogP contribution < -0.4 is 0 Å². The Bertz CT molecular complexity index is 626. The molecule has 0 N–H and O–H groups in total. The number of rotatable bonds is 2. The molecule has 5 heteroatoms. The molecule has 0 aliphatic rings. The minimum Gasteiger partial charge on any atom is -0.276 e. The van der Waals surface area contributed by atoms with Crippen molar-refractivity contribution in [3.05, 3.63) is 59.4 Å². The second-order valence-electron chi connectivity index (χ2n) is 3.54. The van der Waals surface area contributed by atoms with Crippen LogP contribution in [0.5, 0.6) is 0 Å². The maximum atomic E-state index is 13.6. The molecule has 0 radical (unpaired) electrons. The highest BCUT2D eigenvalue weighted by Crippen LogP contribution is 2.29. The van der Waals surface area contributed by atoms with Gasteiger partial charge in [-0.1, -0.05) is 18.2 Å². The molecule has 0 fully saturated rings. The quantitative estimate of drug-likeness (QED) is 0.592. The first-order valence-corrected chi connectivity index (χ1v) is 5.33. The zero-order valence-corrected chi connectivity index (χ0v) is 9.64. The van der Waals surface area contributed by atoms with Crippen molar-refractivity contribution in [2.24, 2.45) is 0 Å². The van der Waals surface area contributed by atoms with Crippen molar-refractivity contribution in [3.8, 4) is 11.1 Å². The van der Waals surface area contributed by atoms with E-state index in [0.29, 0.717) is 0 Å². The number of carbonyl (C=O) groups is 1. The van der Waals surface area contributed by atoms with E-state index in [1.54, 1.807) is 6.07 Å². The summed E-state index contributed by atoms with van der Waals surface area (Å²) in [7, 11) is 0. The van der Waals surface area contributed by atoms with Crippen LogP contribution in [0.2, 0.25) is 0 Å². The van der Waals surface area contributed by atoms with Gasteiger partial charge in [-0.2, -0.15) is 0 Å². The van der Waals surface area contributed by atoms with Crippen molar-refractivity contribution in [1.82, 2.24) is 0 Å². The Morgan fingerprint density at radius 3 is 2.22 bits per heavy atom. The van der Waals surface area contributed by atoms with E-state index in [1.807, 2.05) is 0 Å². The Morgan fingerprint density at radius 1 is 0.889 bits per heavy atom. The molecule has 0 heterocycles. The Balaban J connectivity index is 2.70. The topological polar surface area (TPSA) is 17.1 Å². The molecule has 0 unspecified atom stereocenters. The van der Waals surface area contributed by atoms with E-state index in [-0.39, 0.29) is 16.7 Å². The zero-order chi connectivity index (χ0) is 13.3. The SMILES string of the molecule is O=C(Cl)c1ccccc1-c1ccc(F)c(F)c1F. The Morgan fingerprint density at radius 2 is 1.56 bits per heavy atom. The van der Waals surface area contributed by atoms with Crippen molar-refractivity contribution < 1.29 is 18.0 Å². The molecule has 0 atom stereocenters. The first-order valence-electron chi connectivity index (χ1n) is 4.95. The Labute approximate surface area is 106 Å². The Hall–Kier alpha value is -1.81. The largest absolute Gasteiger partial charge is 0.276 e. The van der Waals surface area contributed by atoms with Crippen LogP contribution >= 0.6 is 11.6 Å². The van der Waals surface area contributed by atoms with Crippen molar-refractivity contribution in [3.63, 3.8) is 0 Å². The average molecular weight is 271 g/mol. The molecule has 0 amide bonds. The summed E-state index contributed by atoms with van der Waals surface area (Å²) >= 11 is 5.35. The Kier molecular flexibility index (Phi) is 3.39. The summed E-state index contributed by atoms with van der Waals surface area (Å²) in [6.07, 6.45) is 0. The van der Waals surface area contributed by atoms with E-state index < -0.39 is 22.7 Å². The third-order valence-electron chi connectivity index (χ3n) is 2.46. The lowest BCUT2D eigenvalue weighted by molar-refractivity contribution is 0.108. The summed E-state index contributed by atoms with van der Waals surface area (Å²) in [4.78, 5) is 11.2. The fraction of sp³-hybridized carbons (Fsp3) is 0. The molecule has 0 spiro atoms. The molecule has 0 aliphatic heterocycles. The lowest BCUT2D eigenvalue weighted by Gasteiger charge is -2.08. The van der Waals surface area contributed by atoms with Crippen molar-refractivity contribution in [1.29, 1.82) is 0 Å². The van der Waals surface area contributed by atoms with Crippen LogP contribution in [0, 0.1) is 17.5 Å². The lowest BCUT2D eigenvalue weighted by Crippen LogP contribution is -1.98. The van der Waals surface area contributed by atoms with Crippen LogP contribution in [0.25, 0.3) is 11.1 Å². The molecule has 0 aromatic heterocycles. The predicted molar refractivity (Wildman–Crippen MR) is 61.9 cm³/mol. The number of carbonyl (C=O) groups excluding carboxylic acids is 1. The number of hydrogen-bond acceptors (Lipinski definition) is 1. The minimum absolute atomic E-state index is 0.0316. The highest BCUT2D eigenvalue weighted by Gasteiger charge is 2.18. The maximum absolute atomic E-state index is 13.6. The first kappa shape index (κ1) is 12.6. The fourth-order valence-electron chi connectivity index (χ4n) is 1.62. The summed E-state index contributed by atoms with van der Waals surface area (Å²) in [6, 6.07) is 7.72. The van der Waals surface area contributed by atoms with Gasteiger partial charge in [0.1, 0.15) is 0 Å². The number of hydrogen-bond donors (Lipinski definition) is 0. The van der Waals surface area contributed by atoms with E-state index >= 15 is 0 Å². The molecular weight excluding hydrogens is 265 g/mol. The smallest absolute Gasteiger partial charge is 0.253 e. The van der Waals surface area contributed by atoms with Gasteiger partial charge in [0.2, 0.25) is 0 Å². The van der Waals surface area contributed by atoms with Crippen LogP contribution in [0.1, 0.15) is 10.4 Å². The highest BCUT2D eigenvalue weighted by molar-refractivity contribution is 6.68.